The first-order chi connectivity index (χ1) is 6.38. The Morgan fingerprint density at radius 3 is 3.15 bits per heavy atom. The fraction of sp³-hybridized carbons (Fsp3) is 0.400. The van der Waals surface area contributed by atoms with Crippen LogP contribution in [0.25, 0.3) is 0 Å². The third-order valence-corrected chi connectivity index (χ3v) is 1.92. The molecule has 1 aromatic rings. The lowest BCUT2D eigenvalue weighted by atomic mass is 10.0. The Kier molecular flexibility index (Phi) is 3.77. The third-order valence-electron chi connectivity index (χ3n) is 1.92. The molecule has 1 heterocycles. The summed E-state index contributed by atoms with van der Waals surface area (Å²) in [7, 11) is 0. The highest BCUT2D eigenvalue weighted by molar-refractivity contribution is 5.60. The highest BCUT2D eigenvalue weighted by Gasteiger charge is 2.10. The second-order valence-corrected chi connectivity index (χ2v) is 2.85. The molecule has 13 heavy (non-hydrogen) atoms. The van der Waals surface area contributed by atoms with Gasteiger partial charge in [0.15, 0.2) is 0 Å². The lowest BCUT2D eigenvalue weighted by Gasteiger charge is -2.05. The Hall–Kier alpha value is -1.56. The molecule has 1 rings (SSSR count). The van der Waals surface area contributed by atoms with Gasteiger partial charge in [0.05, 0.1) is 12.2 Å². The fourth-order valence-electron chi connectivity index (χ4n) is 1.19. The second kappa shape index (κ2) is 5.15. The van der Waals surface area contributed by atoms with Crippen LogP contribution in [0.1, 0.15) is 30.9 Å². The largest absolute Gasteiger partial charge is 0.348 e. The van der Waals surface area contributed by atoms with Gasteiger partial charge in [-0.3, -0.25) is 0 Å². The lowest BCUT2D eigenvalue weighted by Crippen LogP contribution is -2.00. The average Bonchev–Trinajstić information content (AvgIpc) is 2.65. The number of H-pyrrole nitrogens is 1. The van der Waals surface area contributed by atoms with E-state index in [0.29, 0.717) is 0 Å². The molecule has 0 saturated carbocycles. The van der Waals surface area contributed by atoms with Gasteiger partial charge in [-0.2, -0.15) is 0 Å². The van der Waals surface area contributed by atoms with Crippen LogP contribution < -0.4 is 0 Å². The quantitative estimate of drug-likeness (QED) is 0.420. The van der Waals surface area contributed by atoms with E-state index in [-0.39, 0.29) is 5.92 Å². The van der Waals surface area contributed by atoms with Crippen LogP contribution in [-0.4, -0.2) is 16.3 Å². The van der Waals surface area contributed by atoms with E-state index in [4.69, 9.17) is 6.42 Å². The predicted molar refractivity (Wildman–Crippen MR) is 50.1 cm³/mol. The Bertz CT molecular complexity index is 284. The van der Waals surface area contributed by atoms with Gasteiger partial charge in [-0.15, -0.1) is 12.3 Å². The molecule has 0 saturated heterocycles. The summed E-state index contributed by atoms with van der Waals surface area (Å²) in [6.07, 6.45) is 11.7. The highest BCUT2D eigenvalue weighted by atomic mass is 16.1. The number of nitrogens with zero attached hydrogens (tertiary/aromatic N) is 1. The molecule has 3 nitrogen and oxygen atoms in total. The number of carbonyl (C=O) groups excluding carboxylic acids is 1. The maximum atomic E-state index is 10.7. The van der Waals surface area contributed by atoms with Gasteiger partial charge >= 0.3 is 0 Å². The zero-order chi connectivity index (χ0) is 9.52. The van der Waals surface area contributed by atoms with Crippen molar-refractivity contribution in [3.8, 4) is 12.3 Å². The fourth-order valence-corrected chi connectivity index (χ4v) is 1.19. The van der Waals surface area contributed by atoms with E-state index < -0.39 is 0 Å². The van der Waals surface area contributed by atoms with Gasteiger partial charge in [0.25, 0.3) is 0 Å². The van der Waals surface area contributed by atoms with Crippen LogP contribution in [0.4, 0.5) is 0 Å². The number of aldehydes is 1. The molecule has 3 heteroatoms. The monoisotopic (exact) mass is 176 g/mol. The summed E-state index contributed by atoms with van der Waals surface area (Å²) in [5, 5.41) is 0. The summed E-state index contributed by atoms with van der Waals surface area (Å²) in [6, 6.07) is 0. The lowest BCUT2D eigenvalue weighted by molar-refractivity contribution is -0.109. The number of aromatic nitrogens is 2. The van der Waals surface area contributed by atoms with Crippen LogP contribution in [0.5, 0.6) is 0 Å². The van der Waals surface area contributed by atoms with Crippen molar-refractivity contribution in [1.29, 1.82) is 0 Å². The summed E-state index contributed by atoms with van der Waals surface area (Å²) < 4.78 is 0. The van der Waals surface area contributed by atoms with Gasteiger partial charge in [-0.1, -0.05) is 0 Å². The van der Waals surface area contributed by atoms with Crippen LogP contribution in [-0.2, 0) is 4.79 Å². The Morgan fingerprint density at radius 1 is 1.77 bits per heavy atom. The molecule has 68 valence electrons. The molecule has 1 aromatic heterocycles. The van der Waals surface area contributed by atoms with Crippen molar-refractivity contribution in [3.63, 3.8) is 0 Å². The molecule has 0 aliphatic carbocycles. The number of hydrogen-bond acceptors (Lipinski definition) is 2. The number of carbonyl (C=O) groups is 1. The molecule has 0 spiro atoms. The summed E-state index contributed by atoms with van der Waals surface area (Å²) in [4.78, 5) is 17.5. The van der Waals surface area contributed by atoms with E-state index in [1.807, 2.05) is 0 Å². The normalized spacial score (nSPS) is 11.9. The van der Waals surface area contributed by atoms with Gasteiger partial charge < -0.3 is 9.78 Å². The van der Waals surface area contributed by atoms with Crippen LogP contribution >= 0.6 is 0 Å². The van der Waals surface area contributed by atoms with Crippen LogP contribution in [0, 0.1) is 12.3 Å². The number of imidazole rings is 1. The van der Waals surface area contributed by atoms with Crippen LogP contribution in [0.15, 0.2) is 12.5 Å². The summed E-state index contributed by atoms with van der Waals surface area (Å²) in [6.45, 7) is 0. The SMILES string of the molecule is C#CCCCC(C=O)c1cnc[nH]1. The summed E-state index contributed by atoms with van der Waals surface area (Å²) in [5.74, 6) is 2.46. The topological polar surface area (TPSA) is 45.8 Å². The molecule has 0 aliphatic rings. The molecule has 0 amide bonds. The molecule has 1 atom stereocenters. The number of unbranched alkanes of at least 4 members (excludes halogenated alkanes) is 1. The van der Waals surface area contributed by atoms with Gasteiger partial charge in [-0.05, 0) is 12.8 Å². The van der Waals surface area contributed by atoms with E-state index in [0.717, 1.165) is 31.2 Å². The maximum Gasteiger partial charge on any atom is 0.129 e. The molecule has 0 radical (unpaired) electrons. The second-order valence-electron chi connectivity index (χ2n) is 2.85. The van der Waals surface area contributed by atoms with E-state index >= 15 is 0 Å². The first-order valence-electron chi connectivity index (χ1n) is 4.25. The number of rotatable bonds is 5. The van der Waals surface area contributed by atoms with Crippen molar-refractivity contribution in [2.75, 3.05) is 0 Å². The van der Waals surface area contributed by atoms with Gasteiger partial charge in [0.2, 0.25) is 0 Å². The van der Waals surface area contributed by atoms with Crippen molar-refractivity contribution in [2.45, 2.75) is 25.2 Å². The van der Waals surface area contributed by atoms with Crippen molar-refractivity contribution in [2.24, 2.45) is 0 Å². The van der Waals surface area contributed by atoms with Crippen LogP contribution in [0.3, 0.4) is 0 Å². The third kappa shape index (κ3) is 2.75. The molecule has 0 fully saturated rings. The zero-order valence-corrected chi connectivity index (χ0v) is 7.36. The average molecular weight is 176 g/mol. The summed E-state index contributed by atoms with van der Waals surface area (Å²) >= 11 is 0. The molecule has 0 bridgehead atoms. The molecular formula is C10H12N2O. The van der Waals surface area contributed by atoms with E-state index in [9.17, 15) is 4.79 Å². The van der Waals surface area contributed by atoms with E-state index in [2.05, 4.69) is 15.9 Å². The number of terminal acetylenes is 1. The molecule has 0 aromatic carbocycles. The number of hydrogen-bond donors (Lipinski definition) is 1. The molecular weight excluding hydrogens is 164 g/mol. The summed E-state index contributed by atoms with van der Waals surface area (Å²) in [5.41, 5.74) is 0.868. The van der Waals surface area contributed by atoms with Crippen molar-refractivity contribution in [3.05, 3.63) is 18.2 Å². The van der Waals surface area contributed by atoms with Gasteiger partial charge in [0, 0.05) is 18.3 Å². The van der Waals surface area contributed by atoms with Crippen molar-refractivity contribution >= 4 is 6.29 Å². The van der Waals surface area contributed by atoms with Crippen molar-refractivity contribution < 1.29 is 4.79 Å². The zero-order valence-electron chi connectivity index (χ0n) is 7.36. The Morgan fingerprint density at radius 2 is 2.62 bits per heavy atom. The van der Waals surface area contributed by atoms with Gasteiger partial charge in [0.1, 0.15) is 6.29 Å². The minimum Gasteiger partial charge on any atom is -0.348 e. The first-order valence-corrected chi connectivity index (χ1v) is 4.25. The highest BCUT2D eigenvalue weighted by Crippen LogP contribution is 2.16. The maximum absolute atomic E-state index is 10.7. The molecule has 0 aliphatic heterocycles. The number of nitrogens with one attached hydrogen (secondary N) is 1. The Labute approximate surface area is 77.6 Å². The minimum absolute atomic E-state index is 0.0872. The van der Waals surface area contributed by atoms with Crippen LogP contribution in [0.2, 0.25) is 0 Å². The van der Waals surface area contributed by atoms with E-state index in [1.165, 1.54) is 0 Å². The minimum atomic E-state index is -0.0872. The molecule has 1 unspecified atom stereocenters. The predicted octanol–water partition coefficient (Wildman–Crippen LogP) is 1.50. The van der Waals surface area contributed by atoms with Gasteiger partial charge in [-0.25, -0.2) is 4.98 Å². The smallest absolute Gasteiger partial charge is 0.129 e. The number of aromatic amines is 1. The van der Waals surface area contributed by atoms with Crippen molar-refractivity contribution in [1.82, 2.24) is 9.97 Å². The van der Waals surface area contributed by atoms with E-state index in [1.54, 1.807) is 12.5 Å². The first kappa shape index (κ1) is 9.53. The standard InChI is InChI=1S/C10H12N2O/c1-2-3-4-5-9(7-13)10-6-11-8-12-10/h1,6-9H,3-5H2,(H,11,12). The molecule has 1 N–H and O–H groups in total. The Balaban J connectivity index is 2.45.